The van der Waals surface area contributed by atoms with Gasteiger partial charge in [0.15, 0.2) is 0 Å². The van der Waals surface area contributed by atoms with Crippen molar-refractivity contribution in [2.75, 3.05) is 5.32 Å². The van der Waals surface area contributed by atoms with Crippen molar-refractivity contribution in [1.82, 2.24) is 20.2 Å². The fourth-order valence-corrected chi connectivity index (χ4v) is 4.41. The molecule has 0 fully saturated rings. The largest absolute Gasteiger partial charge is 0.386 e. The predicted octanol–water partition coefficient (Wildman–Crippen LogP) is 4.34. The average Bonchev–Trinajstić information content (AvgIpc) is 3.06. The van der Waals surface area contributed by atoms with Gasteiger partial charge in [0.05, 0.1) is 21.5 Å². The number of hydrogen-bond acceptors (Lipinski definition) is 7. The Kier molecular flexibility index (Phi) is 4.72. The molecule has 28 heavy (non-hydrogen) atoms. The molecule has 0 radical (unpaired) electrons. The third-order valence-corrected chi connectivity index (χ3v) is 6.05. The van der Waals surface area contributed by atoms with Crippen molar-refractivity contribution >= 4 is 37.6 Å². The molecule has 4 aromatic rings. The molecule has 2 N–H and O–H groups in total. The summed E-state index contributed by atoms with van der Waals surface area (Å²) < 4.78 is 0.997. The molecule has 144 valence electrons. The molecule has 7 heteroatoms. The lowest BCUT2D eigenvalue weighted by Gasteiger charge is -2.18. The Labute approximate surface area is 167 Å². The van der Waals surface area contributed by atoms with Gasteiger partial charge in [0.1, 0.15) is 17.0 Å². The van der Waals surface area contributed by atoms with Crippen LogP contribution in [0.5, 0.6) is 0 Å². The summed E-state index contributed by atoms with van der Waals surface area (Å²) in [5, 5.41) is 23.3. The lowest BCUT2D eigenvalue weighted by molar-refractivity contribution is 0.0786. The zero-order valence-electron chi connectivity index (χ0n) is 16.4. The van der Waals surface area contributed by atoms with E-state index in [9.17, 15) is 5.11 Å². The van der Waals surface area contributed by atoms with Crippen LogP contribution in [0.3, 0.4) is 0 Å². The van der Waals surface area contributed by atoms with E-state index >= 15 is 0 Å². The molecule has 0 bridgehead atoms. The average molecular weight is 394 g/mol. The van der Waals surface area contributed by atoms with Gasteiger partial charge in [0.25, 0.3) is 0 Å². The zero-order chi connectivity index (χ0) is 19.9. The Balaban J connectivity index is 1.66. The van der Waals surface area contributed by atoms with Crippen LogP contribution in [0.1, 0.15) is 43.2 Å². The Morgan fingerprint density at radius 3 is 2.54 bits per heavy atom. The highest BCUT2D eigenvalue weighted by molar-refractivity contribution is 7.25. The van der Waals surface area contributed by atoms with Gasteiger partial charge in [-0.1, -0.05) is 31.2 Å². The molecule has 0 amide bonds. The number of fused-ring (bicyclic) bond motifs is 3. The van der Waals surface area contributed by atoms with Gasteiger partial charge in [0, 0.05) is 11.9 Å². The second-order valence-electron chi connectivity index (χ2n) is 7.42. The van der Waals surface area contributed by atoms with Crippen LogP contribution in [0.4, 0.5) is 5.82 Å². The molecule has 0 atom stereocenters. The first-order valence-corrected chi connectivity index (χ1v) is 10.1. The zero-order valence-corrected chi connectivity index (χ0v) is 17.3. The minimum Gasteiger partial charge on any atom is -0.386 e. The summed E-state index contributed by atoms with van der Waals surface area (Å²) in [5.41, 5.74) is 4.25. The van der Waals surface area contributed by atoms with Gasteiger partial charge >= 0.3 is 0 Å². The number of aryl methyl sites for hydroxylation is 2. The summed E-state index contributed by atoms with van der Waals surface area (Å²) in [6.07, 6.45) is 2.45. The number of nitrogens with one attached hydrogen (secondary N) is 1. The maximum atomic E-state index is 10.1. The van der Waals surface area contributed by atoms with Crippen LogP contribution in [0.15, 0.2) is 30.6 Å². The highest BCUT2D eigenvalue weighted by Gasteiger charge is 2.17. The summed E-state index contributed by atoms with van der Waals surface area (Å²) in [7, 11) is 0. The summed E-state index contributed by atoms with van der Waals surface area (Å²) in [5.74, 6) is 0.803. The van der Waals surface area contributed by atoms with Crippen LogP contribution < -0.4 is 5.32 Å². The molecule has 0 aliphatic rings. The van der Waals surface area contributed by atoms with Gasteiger partial charge in [-0.25, -0.2) is 9.97 Å². The molecule has 4 rings (SSSR count). The highest BCUT2D eigenvalue weighted by atomic mass is 32.1. The van der Waals surface area contributed by atoms with Crippen molar-refractivity contribution in [1.29, 1.82) is 0 Å². The summed E-state index contributed by atoms with van der Waals surface area (Å²) in [6.45, 7) is 8.38. The van der Waals surface area contributed by atoms with E-state index in [-0.39, 0.29) is 0 Å². The topological polar surface area (TPSA) is 83.8 Å². The number of hydrogen-bond donors (Lipinski definition) is 2. The molecule has 0 aliphatic heterocycles. The lowest BCUT2D eigenvalue weighted by atomic mass is 9.97. The van der Waals surface area contributed by atoms with E-state index in [1.165, 1.54) is 0 Å². The smallest absolute Gasteiger partial charge is 0.149 e. The molecule has 0 unspecified atom stereocenters. The summed E-state index contributed by atoms with van der Waals surface area (Å²) in [4.78, 5) is 9.86. The Morgan fingerprint density at radius 1 is 1.11 bits per heavy atom. The Morgan fingerprint density at radius 2 is 1.86 bits per heavy atom. The SMILES string of the molecule is CCc1nnc2sc3c(NCc4ccc(C(C)(C)O)cc4)ncnc3c2c1C. The molecule has 3 aromatic heterocycles. The van der Waals surface area contributed by atoms with E-state index < -0.39 is 5.60 Å². The number of thiophene rings is 1. The second kappa shape index (κ2) is 7.07. The van der Waals surface area contributed by atoms with Gasteiger partial charge in [-0.3, -0.25) is 0 Å². The Hall–Kier alpha value is -2.64. The van der Waals surface area contributed by atoms with Crippen LogP contribution in [0, 0.1) is 6.92 Å². The van der Waals surface area contributed by atoms with Crippen molar-refractivity contribution in [3.63, 3.8) is 0 Å². The van der Waals surface area contributed by atoms with Gasteiger partial charge in [-0.05, 0) is 43.9 Å². The monoisotopic (exact) mass is 393 g/mol. The predicted molar refractivity (Wildman–Crippen MR) is 114 cm³/mol. The van der Waals surface area contributed by atoms with Crippen LogP contribution in [-0.2, 0) is 18.6 Å². The number of benzene rings is 1. The number of rotatable bonds is 5. The van der Waals surface area contributed by atoms with Crippen molar-refractivity contribution in [2.24, 2.45) is 0 Å². The molecule has 0 aliphatic carbocycles. The molecular weight excluding hydrogens is 370 g/mol. The van der Waals surface area contributed by atoms with E-state index in [4.69, 9.17) is 0 Å². The van der Waals surface area contributed by atoms with Crippen LogP contribution in [-0.4, -0.2) is 25.3 Å². The summed E-state index contributed by atoms with van der Waals surface area (Å²) >= 11 is 1.57. The van der Waals surface area contributed by atoms with Gasteiger partial charge in [-0.15, -0.1) is 16.4 Å². The minimum atomic E-state index is -0.835. The first-order valence-electron chi connectivity index (χ1n) is 9.33. The normalized spacial score (nSPS) is 12.0. The number of nitrogens with zero attached hydrogens (tertiary/aromatic N) is 4. The van der Waals surface area contributed by atoms with E-state index in [0.717, 1.165) is 55.1 Å². The standard InChI is InChI=1S/C21H23N5OS/c1-5-15-12(2)16-17-18(28-20(16)26-25-15)19(24-11-23-17)22-10-13-6-8-14(9-7-13)21(3,4)27/h6-9,11,27H,5,10H2,1-4H3,(H,22,23,24). The number of aliphatic hydroxyl groups is 1. The fraction of sp³-hybridized carbons (Fsp3) is 0.333. The fourth-order valence-electron chi connectivity index (χ4n) is 3.31. The van der Waals surface area contributed by atoms with Gasteiger partial charge in [-0.2, -0.15) is 5.10 Å². The van der Waals surface area contributed by atoms with E-state index in [1.807, 2.05) is 24.3 Å². The summed E-state index contributed by atoms with van der Waals surface area (Å²) in [6, 6.07) is 7.95. The number of aromatic nitrogens is 4. The van der Waals surface area contributed by atoms with Gasteiger partial charge in [0.2, 0.25) is 0 Å². The van der Waals surface area contributed by atoms with Crippen molar-refractivity contribution in [2.45, 2.75) is 46.3 Å². The van der Waals surface area contributed by atoms with E-state index in [2.05, 4.69) is 39.3 Å². The molecule has 6 nitrogen and oxygen atoms in total. The molecule has 0 spiro atoms. The highest BCUT2D eigenvalue weighted by Crippen LogP contribution is 2.36. The third kappa shape index (κ3) is 3.31. The molecule has 3 heterocycles. The number of anilines is 1. The first kappa shape index (κ1) is 18.7. The minimum absolute atomic E-state index is 0.636. The van der Waals surface area contributed by atoms with Crippen molar-refractivity contribution in [3.8, 4) is 0 Å². The van der Waals surface area contributed by atoms with E-state index in [1.54, 1.807) is 31.5 Å². The van der Waals surface area contributed by atoms with E-state index in [0.29, 0.717) is 6.54 Å². The molecule has 1 aromatic carbocycles. The maximum Gasteiger partial charge on any atom is 0.149 e. The maximum absolute atomic E-state index is 10.1. The van der Waals surface area contributed by atoms with Crippen molar-refractivity contribution in [3.05, 3.63) is 53.0 Å². The van der Waals surface area contributed by atoms with Crippen molar-refractivity contribution < 1.29 is 5.11 Å². The van der Waals surface area contributed by atoms with Crippen LogP contribution in [0.25, 0.3) is 20.4 Å². The van der Waals surface area contributed by atoms with Crippen LogP contribution in [0.2, 0.25) is 0 Å². The molecular formula is C21H23N5OS. The van der Waals surface area contributed by atoms with Gasteiger partial charge < -0.3 is 10.4 Å². The lowest BCUT2D eigenvalue weighted by Crippen LogP contribution is -2.15. The van der Waals surface area contributed by atoms with Crippen LogP contribution >= 0.6 is 11.3 Å². The quantitative estimate of drug-likeness (QED) is 0.525. The Bertz CT molecular complexity index is 1150. The molecule has 0 saturated carbocycles. The first-order chi connectivity index (χ1) is 13.4. The third-order valence-electron chi connectivity index (χ3n) is 4.98. The second-order valence-corrected chi connectivity index (χ2v) is 8.42. The molecule has 0 saturated heterocycles.